The number of rotatable bonds is 6. The van der Waals surface area contributed by atoms with E-state index >= 15 is 0 Å². The molecule has 0 bridgehead atoms. The maximum absolute atomic E-state index is 12.1. The van der Waals surface area contributed by atoms with Crippen molar-refractivity contribution < 1.29 is 18.7 Å². The van der Waals surface area contributed by atoms with Gasteiger partial charge < -0.3 is 19.4 Å². The van der Waals surface area contributed by atoms with Crippen LogP contribution in [-0.2, 0) is 16.1 Å². The van der Waals surface area contributed by atoms with Gasteiger partial charge >= 0.3 is 5.97 Å². The summed E-state index contributed by atoms with van der Waals surface area (Å²) in [7, 11) is 0. The van der Waals surface area contributed by atoms with E-state index < -0.39 is 5.97 Å². The lowest BCUT2D eigenvalue weighted by Crippen LogP contribution is -2.21. The SMILES string of the molecule is CC(=O)NCc1ccc(C(=O)OC[C@H]2CCN(c3ccccc3)C2)o1. The number of anilines is 1. The number of benzene rings is 1. The molecule has 1 fully saturated rings. The Kier molecular flexibility index (Phi) is 5.38. The van der Waals surface area contributed by atoms with E-state index in [2.05, 4.69) is 22.3 Å². The highest BCUT2D eigenvalue weighted by Gasteiger charge is 2.24. The lowest BCUT2D eigenvalue weighted by atomic mass is 10.1. The lowest BCUT2D eigenvalue weighted by molar-refractivity contribution is -0.119. The molecule has 1 aromatic carbocycles. The Balaban J connectivity index is 1.46. The van der Waals surface area contributed by atoms with Gasteiger partial charge in [-0.2, -0.15) is 0 Å². The molecule has 1 saturated heterocycles. The molecule has 0 unspecified atom stereocenters. The van der Waals surface area contributed by atoms with Crippen molar-refractivity contribution in [3.05, 3.63) is 54.0 Å². The molecule has 1 atom stereocenters. The number of hydrogen-bond acceptors (Lipinski definition) is 5. The van der Waals surface area contributed by atoms with Crippen LogP contribution in [0.1, 0.15) is 29.7 Å². The molecule has 0 radical (unpaired) electrons. The van der Waals surface area contributed by atoms with Crippen LogP contribution in [-0.4, -0.2) is 31.6 Å². The van der Waals surface area contributed by atoms with Crippen molar-refractivity contribution in [2.75, 3.05) is 24.6 Å². The molecule has 0 aliphatic carbocycles. The third-order valence-corrected chi connectivity index (χ3v) is 4.23. The molecule has 132 valence electrons. The molecule has 3 rings (SSSR count). The van der Waals surface area contributed by atoms with E-state index in [1.807, 2.05) is 18.2 Å². The summed E-state index contributed by atoms with van der Waals surface area (Å²) in [5, 5.41) is 2.62. The second-order valence-electron chi connectivity index (χ2n) is 6.21. The summed E-state index contributed by atoms with van der Waals surface area (Å²) < 4.78 is 10.8. The van der Waals surface area contributed by atoms with Crippen molar-refractivity contribution in [2.45, 2.75) is 19.9 Å². The van der Waals surface area contributed by atoms with Crippen LogP contribution in [0.2, 0.25) is 0 Å². The molecule has 25 heavy (non-hydrogen) atoms. The number of nitrogens with zero attached hydrogens (tertiary/aromatic N) is 1. The monoisotopic (exact) mass is 342 g/mol. The second-order valence-corrected chi connectivity index (χ2v) is 6.21. The Hall–Kier alpha value is -2.76. The highest BCUT2D eigenvalue weighted by Crippen LogP contribution is 2.24. The van der Waals surface area contributed by atoms with Crippen molar-refractivity contribution in [1.29, 1.82) is 0 Å². The number of ether oxygens (including phenoxy) is 1. The van der Waals surface area contributed by atoms with Crippen LogP contribution >= 0.6 is 0 Å². The van der Waals surface area contributed by atoms with Crippen LogP contribution < -0.4 is 10.2 Å². The summed E-state index contributed by atoms with van der Waals surface area (Å²) in [6.07, 6.45) is 0.994. The van der Waals surface area contributed by atoms with E-state index in [4.69, 9.17) is 9.15 Å². The highest BCUT2D eigenvalue weighted by molar-refractivity contribution is 5.86. The van der Waals surface area contributed by atoms with Crippen LogP contribution in [0.3, 0.4) is 0 Å². The fraction of sp³-hybridized carbons (Fsp3) is 0.368. The minimum Gasteiger partial charge on any atom is -0.459 e. The van der Waals surface area contributed by atoms with Crippen molar-refractivity contribution in [3.8, 4) is 0 Å². The first-order chi connectivity index (χ1) is 12.1. The topological polar surface area (TPSA) is 71.8 Å². The molecule has 0 saturated carbocycles. The van der Waals surface area contributed by atoms with Crippen molar-refractivity contribution in [2.24, 2.45) is 5.92 Å². The van der Waals surface area contributed by atoms with Gasteiger partial charge in [-0.05, 0) is 30.7 Å². The fourth-order valence-corrected chi connectivity index (χ4v) is 2.90. The van der Waals surface area contributed by atoms with E-state index in [-0.39, 0.29) is 18.2 Å². The van der Waals surface area contributed by atoms with Crippen LogP contribution in [0.4, 0.5) is 5.69 Å². The van der Waals surface area contributed by atoms with Gasteiger partial charge in [0.05, 0.1) is 13.2 Å². The summed E-state index contributed by atoms with van der Waals surface area (Å²) in [5.74, 6) is 0.395. The molecule has 0 spiro atoms. The van der Waals surface area contributed by atoms with Gasteiger partial charge in [0.1, 0.15) is 5.76 Å². The molecule has 1 N–H and O–H groups in total. The van der Waals surface area contributed by atoms with Crippen LogP contribution in [0.5, 0.6) is 0 Å². The number of esters is 1. The number of nitrogens with one attached hydrogen (secondary N) is 1. The predicted molar refractivity (Wildman–Crippen MR) is 93.3 cm³/mol. The average Bonchev–Trinajstić information content (AvgIpc) is 3.28. The summed E-state index contributed by atoms with van der Waals surface area (Å²) in [4.78, 5) is 25.3. The Morgan fingerprint density at radius 3 is 2.80 bits per heavy atom. The van der Waals surface area contributed by atoms with Gasteiger partial charge in [-0.3, -0.25) is 4.79 Å². The number of para-hydroxylation sites is 1. The number of amides is 1. The zero-order valence-electron chi connectivity index (χ0n) is 14.2. The van der Waals surface area contributed by atoms with Gasteiger partial charge in [-0.1, -0.05) is 18.2 Å². The molecular weight excluding hydrogens is 320 g/mol. The number of furan rings is 1. The predicted octanol–water partition coefficient (Wildman–Crippen LogP) is 2.60. The van der Waals surface area contributed by atoms with Crippen LogP contribution in [0, 0.1) is 5.92 Å². The minimum absolute atomic E-state index is 0.148. The summed E-state index contributed by atoms with van der Waals surface area (Å²) in [5.41, 5.74) is 1.20. The van der Waals surface area contributed by atoms with Gasteiger partial charge in [-0.15, -0.1) is 0 Å². The number of hydrogen-bond donors (Lipinski definition) is 1. The van der Waals surface area contributed by atoms with Gasteiger partial charge in [0.15, 0.2) is 0 Å². The third-order valence-electron chi connectivity index (χ3n) is 4.23. The highest BCUT2D eigenvalue weighted by atomic mass is 16.5. The summed E-state index contributed by atoms with van der Waals surface area (Å²) in [6.45, 7) is 3.91. The van der Waals surface area contributed by atoms with E-state index in [9.17, 15) is 9.59 Å². The zero-order chi connectivity index (χ0) is 17.6. The fourth-order valence-electron chi connectivity index (χ4n) is 2.90. The molecule has 2 aromatic rings. The summed E-state index contributed by atoms with van der Waals surface area (Å²) >= 11 is 0. The van der Waals surface area contributed by atoms with Crippen molar-refractivity contribution >= 4 is 17.6 Å². The average molecular weight is 342 g/mol. The van der Waals surface area contributed by atoms with Crippen molar-refractivity contribution in [1.82, 2.24) is 5.32 Å². The van der Waals surface area contributed by atoms with Gasteiger partial charge in [0.25, 0.3) is 0 Å². The third kappa shape index (κ3) is 4.62. The number of carbonyl (C=O) groups is 2. The minimum atomic E-state index is -0.466. The summed E-state index contributed by atoms with van der Waals surface area (Å²) in [6, 6.07) is 13.5. The maximum atomic E-state index is 12.1. The second kappa shape index (κ2) is 7.88. The zero-order valence-corrected chi connectivity index (χ0v) is 14.2. The van der Waals surface area contributed by atoms with Gasteiger partial charge in [0, 0.05) is 31.6 Å². The molecular formula is C19H22N2O4. The largest absolute Gasteiger partial charge is 0.459 e. The first-order valence-corrected chi connectivity index (χ1v) is 8.42. The van der Waals surface area contributed by atoms with E-state index in [0.717, 1.165) is 19.5 Å². The Bertz CT molecular complexity index is 726. The standard InChI is InChI=1S/C19H22N2O4/c1-14(22)20-11-17-7-8-18(25-17)19(23)24-13-15-9-10-21(12-15)16-5-3-2-4-6-16/h2-8,15H,9-13H2,1H3,(H,20,22)/t15-/m0/s1. The Morgan fingerprint density at radius 1 is 1.24 bits per heavy atom. The molecule has 1 amide bonds. The lowest BCUT2D eigenvalue weighted by Gasteiger charge is -2.18. The first kappa shape index (κ1) is 17.1. The first-order valence-electron chi connectivity index (χ1n) is 8.42. The molecule has 1 aliphatic heterocycles. The Labute approximate surface area is 146 Å². The van der Waals surface area contributed by atoms with Crippen molar-refractivity contribution in [3.63, 3.8) is 0 Å². The molecule has 1 aromatic heterocycles. The number of carbonyl (C=O) groups excluding carboxylic acids is 2. The normalized spacial score (nSPS) is 16.7. The van der Waals surface area contributed by atoms with Crippen LogP contribution in [0.25, 0.3) is 0 Å². The van der Waals surface area contributed by atoms with E-state index in [0.29, 0.717) is 18.3 Å². The molecule has 1 aliphatic rings. The van der Waals surface area contributed by atoms with Crippen LogP contribution in [0.15, 0.2) is 46.9 Å². The van der Waals surface area contributed by atoms with E-state index in [1.165, 1.54) is 12.6 Å². The Morgan fingerprint density at radius 2 is 2.04 bits per heavy atom. The van der Waals surface area contributed by atoms with E-state index in [1.54, 1.807) is 12.1 Å². The smallest absolute Gasteiger partial charge is 0.374 e. The molecule has 6 heteroatoms. The van der Waals surface area contributed by atoms with Gasteiger partial charge in [0.2, 0.25) is 11.7 Å². The van der Waals surface area contributed by atoms with Gasteiger partial charge in [-0.25, -0.2) is 4.79 Å². The molecule has 2 heterocycles. The maximum Gasteiger partial charge on any atom is 0.374 e. The quantitative estimate of drug-likeness (QED) is 0.817. The molecule has 6 nitrogen and oxygen atoms in total.